The SMILES string of the molecule is CN=C(NCCc1cc2ccccc2[nH]1)NCc1ccc(C)cc1OCC1CCOC1.I. The highest BCUT2D eigenvalue weighted by Gasteiger charge is 2.17. The van der Waals surface area contributed by atoms with E-state index in [0.29, 0.717) is 19.1 Å². The zero-order chi connectivity index (χ0) is 21.5. The Morgan fingerprint density at radius 2 is 2.06 bits per heavy atom. The number of benzene rings is 2. The molecule has 0 amide bonds. The number of hydrogen-bond donors (Lipinski definition) is 3. The number of para-hydroxylation sites is 1. The summed E-state index contributed by atoms with van der Waals surface area (Å²) in [5.74, 6) is 2.21. The molecule has 0 spiro atoms. The third-order valence-electron chi connectivity index (χ3n) is 5.66. The quantitative estimate of drug-likeness (QED) is 0.222. The average Bonchev–Trinajstić information content (AvgIpc) is 3.45. The van der Waals surface area contributed by atoms with Crippen LogP contribution in [0.4, 0.5) is 0 Å². The van der Waals surface area contributed by atoms with E-state index >= 15 is 0 Å². The molecule has 1 unspecified atom stereocenters. The molecule has 2 heterocycles. The van der Waals surface area contributed by atoms with E-state index in [1.807, 2.05) is 0 Å². The number of aromatic amines is 1. The summed E-state index contributed by atoms with van der Waals surface area (Å²) < 4.78 is 11.6. The molecule has 2 aromatic carbocycles. The first-order valence-corrected chi connectivity index (χ1v) is 11.0. The summed E-state index contributed by atoms with van der Waals surface area (Å²) in [5.41, 5.74) is 4.72. The molecule has 7 heteroatoms. The maximum Gasteiger partial charge on any atom is 0.191 e. The van der Waals surface area contributed by atoms with Crippen molar-refractivity contribution in [3.05, 3.63) is 65.4 Å². The Morgan fingerprint density at radius 1 is 1.19 bits per heavy atom. The van der Waals surface area contributed by atoms with Crippen LogP contribution in [0.3, 0.4) is 0 Å². The lowest BCUT2D eigenvalue weighted by Crippen LogP contribution is -2.38. The van der Waals surface area contributed by atoms with Gasteiger partial charge in [-0.1, -0.05) is 30.3 Å². The van der Waals surface area contributed by atoms with Crippen molar-refractivity contribution in [3.63, 3.8) is 0 Å². The minimum Gasteiger partial charge on any atom is -0.493 e. The van der Waals surface area contributed by atoms with Gasteiger partial charge in [-0.3, -0.25) is 4.99 Å². The largest absolute Gasteiger partial charge is 0.493 e. The first-order chi connectivity index (χ1) is 15.2. The van der Waals surface area contributed by atoms with Gasteiger partial charge in [0.05, 0.1) is 13.2 Å². The second-order valence-electron chi connectivity index (χ2n) is 8.14. The number of ether oxygens (including phenoxy) is 2. The van der Waals surface area contributed by atoms with Crippen molar-refractivity contribution >= 4 is 40.8 Å². The summed E-state index contributed by atoms with van der Waals surface area (Å²) in [4.78, 5) is 7.83. The normalized spacial score (nSPS) is 16.1. The first kappa shape index (κ1) is 24.4. The first-order valence-electron chi connectivity index (χ1n) is 11.0. The van der Waals surface area contributed by atoms with Crippen molar-refractivity contribution in [1.29, 1.82) is 0 Å². The predicted octanol–water partition coefficient (Wildman–Crippen LogP) is 4.42. The van der Waals surface area contributed by atoms with Gasteiger partial charge in [0.1, 0.15) is 5.75 Å². The minimum atomic E-state index is 0. The molecule has 172 valence electrons. The van der Waals surface area contributed by atoms with Crippen LogP contribution in [0.15, 0.2) is 53.5 Å². The van der Waals surface area contributed by atoms with E-state index in [-0.39, 0.29) is 24.0 Å². The van der Waals surface area contributed by atoms with E-state index in [2.05, 4.69) is 76.1 Å². The summed E-state index contributed by atoms with van der Waals surface area (Å²) in [7, 11) is 1.80. The highest BCUT2D eigenvalue weighted by atomic mass is 127. The monoisotopic (exact) mass is 548 g/mol. The van der Waals surface area contributed by atoms with Crippen LogP contribution < -0.4 is 15.4 Å². The van der Waals surface area contributed by atoms with Crippen molar-refractivity contribution in [1.82, 2.24) is 15.6 Å². The molecular formula is C25H33IN4O2. The Balaban J connectivity index is 0.00000289. The summed E-state index contributed by atoms with van der Waals surface area (Å²) in [6.07, 6.45) is 1.98. The number of nitrogens with zero attached hydrogens (tertiary/aromatic N) is 1. The van der Waals surface area contributed by atoms with E-state index in [0.717, 1.165) is 49.9 Å². The van der Waals surface area contributed by atoms with Gasteiger partial charge in [-0.25, -0.2) is 0 Å². The van der Waals surface area contributed by atoms with Crippen LogP contribution in [0.1, 0.15) is 23.2 Å². The maximum atomic E-state index is 6.15. The Morgan fingerprint density at radius 3 is 2.84 bits per heavy atom. The number of aliphatic imine (C=N–C) groups is 1. The summed E-state index contributed by atoms with van der Waals surface area (Å²) >= 11 is 0. The Hall–Kier alpha value is -2.26. The van der Waals surface area contributed by atoms with Crippen LogP contribution in [0.2, 0.25) is 0 Å². The minimum absolute atomic E-state index is 0. The van der Waals surface area contributed by atoms with E-state index in [1.165, 1.54) is 22.2 Å². The number of nitrogens with one attached hydrogen (secondary N) is 3. The number of aryl methyl sites for hydroxylation is 1. The van der Waals surface area contributed by atoms with Crippen LogP contribution in [-0.2, 0) is 17.7 Å². The number of guanidine groups is 1. The predicted molar refractivity (Wildman–Crippen MR) is 141 cm³/mol. The van der Waals surface area contributed by atoms with Crippen LogP contribution in [0, 0.1) is 12.8 Å². The van der Waals surface area contributed by atoms with Crippen LogP contribution in [0.25, 0.3) is 10.9 Å². The lowest BCUT2D eigenvalue weighted by Gasteiger charge is -2.17. The summed E-state index contributed by atoms with van der Waals surface area (Å²) in [6.45, 7) is 5.89. The summed E-state index contributed by atoms with van der Waals surface area (Å²) in [6, 6.07) is 16.9. The second-order valence-corrected chi connectivity index (χ2v) is 8.14. The molecule has 1 fully saturated rings. The van der Waals surface area contributed by atoms with Crippen LogP contribution in [0.5, 0.6) is 5.75 Å². The Bertz CT molecular complexity index is 995. The molecule has 1 atom stereocenters. The molecule has 0 aliphatic carbocycles. The molecule has 0 radical (unpaired) electrons. The number of fused-ring (bicyclic) bond motifs is 1. The maximum absolute atomic E-state index is 6.15. The third-order valence-corrected chi connectivity index (χ3v) is 5.66. The molecule has 6 nitrogen and oxygen atoms in total. The highest BCUT2D eigenvalue weighted by molar-refractivity contribution is 14.0. The summed E-state index contributed by atoms with van der Waals surface area (Å²) in [5, 5.41) is 8.06. The van der Waals surface area contributed by atoms with Gasteiger partial charge in [0.15, 0.2) is 5.96 Å². The molecule has 3 N–H and O–H groups in total. The fourth-order valence-electron chi connectivity index (χ4n) is 3.85. The van der Waals surface area contributed by atoms with Gasteiger partial charge >= 0.3 is 0 Å². The fourth-order valence-corrected chi connectivity index (χ4v) is 3.85. The second kappa shape index (κ2) is 12.1. The van der Waals surface area contributed by atoms with Gasteiger partial charge in [0.2, 0.25) is 0 Å². The molecule has 32 heavy (non-hydrogen) atoms. The topological polar surface area (TPSA) is 70.7 Å². The van der Waals surface area contributed by atoms with E-state index < -0.39 is 0 Å². The van der Waals surface area contributed by atoms with E-state index in [9.17, 15) is 0 Å². The highest BCUT2D eigenvalue weighted by Crippen LogP contribution is 2.22. The molecule has 1 saturated heterocycles. The number of hydrogen-bond acceptors (Lipinski definition) is 3. The third kappa shape index (κ3) is 6.62. The van der Waals surface area contributed by atoms with Gasteiger partial charge in [-0.2, -0.15) is 0 Å². The van der Waals surface area contributed by atoms with Crippen molar-refractivity contribution < 1.29 is 9.47 Å². The molecule has 1 aliphatic rings. The molecule has 1 aromatic heterocycles. The van der Waals surface area contributed by atoms with Gasteiger partial charge in [0, 0.05) is 55.9 Å². The molecule has 3 aromatic rings. The van der Waals surface area contributed by atoms with Gasteiger partial charge in [-0.15, -0.1) is 24.0 Å². The number of H-pyrrole nitrogens is 1. The van der Waals surface area contributed by atoms with E-state index in [4.69, 9.17) is 9.47 Å². The van der Waals surface area contributed by atoms with Gasteiger partial charge in [-0.05, 0) is 42.5 Å². The molecule has 1 aliphatic heterocycles. The standard InChI is InChI=1S/C25H32N4O2.HI/c1-18-7-8-21(24(13-18)31-17-19-10-12-30-16-19)15-28-25(26-2)27-11-9-22-14-20-5-3-4-6-23(20)29-22;/h3-8,13-14,19,29H,9-12,15-17H2,1-2H3,(H2,26,27,28);1H. The van der Waals surface area contributed by atoms with Crippen LogP contribution >= 0.6 is 24.0 Å². The Kier molecular flexibility index (Phi) is 9.23. The zero-order valence-electron chi connectivity index (χ0n) is 18.8. The lowest BCUT2D eigenvalue weighted by molar-refractivity contribution is 0.166. The molecular weight excluding hydrogens is 515 g/mol. The average molecular weight is 548 g/mol. The fraction of sp³-hybridized carbons (Fsp3) is 0.400. The lowest BCUT2D eigenvalue weighted by atomic mass is 10.1. The van der Waals surface area contributed by atoms with Gasteiger partial charge in [0.25, 0.3) is 0 Å². The Labute approximate surface area is 207 Å². The van der Waals surface area contributed by atoms with Gasteiger partial charge < -0.3 is 25.1 Å². The van der Waals surface area contributed by atoms with Crippen molar-refractivity contribution in [2.75, 3.05) is 33.4 Å². The number of aromatic nitrogens is 1. The molecule has 4 rings (SSSR count). The number of halogens is 1. The molecule has 0 saturated carbocycles. The number of rotatable bonds is 8. The smallest absolute Gasteiger partial charge is 0.191 e. The van der Waals surface area contributed by atoms with Crippen molar-refractivity contribution in [3.8, 4) is 5.75 Å². The van der Waals surface area contributed by atoms with Crippen LogP contribution in [-0.4, -0.2) is 44.4 Å². The molecule has 0 bridgehead atoms. The zero-order valence-corrected chi connectivity index (χ0v) is 21.1. The van der Waals surface area contributed by atoms with Crippen molar-refractivity contribution in [2.45, 2.75) is 26.3 Å². The van der Waals surface area contributed by atoms with Crippen molar-refractivity contribution in [2.24, 2.45) is 10.9 Å². The van der Waals surface area contributed by atoms with E-state index in [1.54, 1.807) is 7.05 Å².